The zero-order chi connectivity index (χ0) is 18.1. The molecule has 3 N–H and O–H groups in total. The van der Waals surface area contributed by atoms with Crippen LogP contribution < -0.4 is 10.6 Å². The number of nitrogens with one attached hydrogen (secondary N) is 2. The van der Waals surface area contributed by atoms with Gasteiger partial charge in [0.05, 0.1) is 0 Å². The summed E-state index contributed by atoms with van der Waals surface area (Å²) in [6.07, 6.45) is 2.24. The molecule has 6 heteroatoms. The van der Waals surface area contributed by atoms with Crippen LogP contribution in [0.5, 0.6) is 0 Å². The van der Waals surface area contributed by atoms with Gasteiger partial charge in [-0.05, 0) is 25.8 Å². The fourth-order valence-electron chi connectivity index (χ4n) is 2.15. The van der Waals surface area contributed by atoms with E-state index < -0.39 is 24.0 Å². The minimum atomic E-state index is -1.11. The number of aliphatic carboxylic acids is 1. The molecule has 1 rings (SSSR count). The van der Waals surface area contributed by atoms with Crippen LogP contribution in [0.15, 0.2) is 42.0 Å². The molecule has 0 fully saturated rings. The first-order valence-electron chi connectivity index (χ1n) is 7.77. The van der Waals surface area contributed by atoms with Gasteiger partial charge >= 0.3 is 5.97 Å². The SMILES string of the molecule is CC(=O)N[C@H](Cc1ccccc1)C(=O)N[C@@H](CC=C(C)C)C(=O)O. The minimum Gasteiger partial charge on any atom is -0.480 e. The van der Waals surface area contributed by atoms with E-state index >= 15 is 0 Å². The number of benzene rings is 1. The Kier molecular flexibility index (Phi) is 7.68. The van der Waals surface area contributed by atoms with Crippen molar-refractivity contribution in [1.82, 2.24) is 10.6 Å². The zero-order valence-corrected chi connectivity index (χ0v) is 14.2. The van der Waals surface area contributed by atoms with Crippen LogP contribution in [0.1, 0.15) is 32.8 Å². The maximum atomic E-state index is 12.4. The number of carbonyl (C=O) groups is 3. The molecule has 0 aromatic heterocycles. The fraction of sp³-hybridized carbons (Fsp3) is 0.389. The second kappa shape index (κ2) is 9.50. The van der Waals surface area contributed by atoms with Gasteiger partial charge in [0, 0.05) is 13.3 Å². The number of carboxylic acids is 1. The zero-order valence-electron chi connectivity index (χ0n) is 14.2. The quantitative estimate of drug-likeness (QED) is 0.631. The molecule has 0 unspecified atom stereocenters. The maximum absolute atomic E-state index is 12.4. The molecule has 2 amide bonds. The highest BCUT2D eigenvalue weighted by atomic mass is 16.4. The highest BCUT2D eigenvalue weighted by Crippen LogP contribution is 2.05. The number of allylic oxidation sites excluding steroid dienone is 1. The van der Waals surface area contributed by atoms with Crippen LogP contribution in [-0.2, 0) is 20.8 Å². The van der Waals surface area contributed by atoms with Gasteiger partial charge in [0.25, 0.3) is 0 Å². The van der Waals surface area contributed by atoms with Crippen LogP contribution in [0.25, 0.3) is 0 Å². The van der Waals surface area contributed by atoms with E-state index in [2.05, 4.69) is 10.6 Å². The van der Waals surface area contributed by atoms with Crippen molar-refractivity contribution < 1.29 is 19.5 Å². The van der Waals surface area contributed by atoms with E-state index in [9.17, 15) is 19.5 Å². The Morgan fingerprint density at radius 3 is 2.17 bits per heavy atom. The largest absolute Gasteiger partial charge is 0.480 e. The first-order valence-corrected chi connectivity index (χ1v) is 7.77. The van der Waals surface area contributed by atoms with Gasteiger partial charge in [-0.15, -0.1) is 0 Å². The van der Waals surface area contributed by atoms with Gasteiger partial charge in [0.15, 0.2) is 0 Å². The van der Waals surface area contributed by atoms with Crippen LogP contribution in [0.4, 0.5) is 0 Å². The topological polar surface area (TPSA) is 95.5 Å². The molecule has 0 bridgehead atoms. The van der Waals surface area contributed by atoms with Crippen molar-refractivity contribution in [3.05, 3.63) is 47.5 Å². The van der Waals surface area contributed by atoms with Crippen LogP contribution in [0.2, 0.25) is 0 Å². The van der Waals surface area contributed by atoms with Crippen molar-refractivity contribution in [2.24, 2.45) is 0 Å². The summed E-state index contributed by atoms with van der Waals surface area (Å²) in [7, 11) is 0. The van der Waals surface area contributed by atoms with Gasteiger partial charge in [-0.1, -0.05) is 42.0 Å². The summed E-state index contributed by atoms with van der Waals surface area (Å²) in [6.45, 7) is 5.04. The summed E-state index contributed by atoms with van der Waals surface area (Å²) < 4.78 is 0. The standard InChI is InChI=1S/C18H24N2O4/c1-12(2)9-10-15(18(23)24)20-17(22)16(19-13(3)21)11-14-7-5-4-6-8-14/h4-9,15-16H,10-11H2,1-3H3,(H,19,21)(H,20,22)(H,23,24)/t15-,16+/m0/s1. The molecule has 2 atom stereocenters. The summed E-state index contributed by atoms with van der Waals surface area (Å²) in [5.74, 6) is -1.96. The molecular weight excluding hydrogens is 308 g/mol. The lowest BCUT2D eigenvalue weighted by Gasteiger charge is -2.20. The molecule has 1 aromatic carbocycles. The molecule has 24 heavy (non-hydrogen) atoms. The third kappa shape index (κ3) is 7.09. The Bertz CT molecular complexity index is 607. The normalized spacial score (nSPS) is 12.6. The van der Waals surface area contributed by atoms with Gasteiger partial charge in [0.1, 0.15) is 12.1 Å². The lowest BCUT2D eigenvalue weighted by molar-refractivity contribution is -0.142. The second-order valence-electron chi connectivity index (χ2n) is 5.86. The van der Waals surface area contributed by atoms with E-state index in [1.54, 1.807) is 6.08 Å². The van der Waals surface area contributed by atoms with Crippen LogP contribution in [0, 0.1) is 0 Å². The Morgan fingerprint density at radius 1 is 1.04 bits per heavy atom. The fourth-order valence-corrected chi connectivity index (χ4v) is 2.15. The summed E-state index contributed by atoms with van der Waals surface area (Å²) in [5, 5.41) is 14.3. The first kappa shape index (κ1) is 19.4. The molecule has 0 saturated heterocycles. The predicted octanol–water partition coefficient (Wildman–Crippen LogP) is 1.66. The van der Waals surface area contributed by atoms with E-state index in [1.165, 1.54) is 6.92 Å². The predicted molar refractivity (Wildman–Crippen MR) is 91.4 cm³/mol. The molecule has 0 heterocycles. The molecule has 0 saturated carbocycles. The van der Waals surface area contributed by atoms with E-state index in [1.807, 2.05) is 44.2 Å². The summed E-state index contributed by atoms with van der Waals surface area (Å²) in [4.78, 5) is 35.1. The van der Waals surface area contributed by atoms with Crippen LogP contribution in [-0.4, -0.2) is 35.0 Å². The monoisotopic (exact) mass is 332 g/mol. The summed E-state index contributed by atoms with van der Waals surface area (Å²) in [5.41, 5.74) is 1.85. The number of carbonyl (C=O) groups excluding carboxylic acids is 2. The molecule has 1 aromatic rings. The van der Waals surface area contributed by atoms with Gasteiger partial charge in [-0.25, -0.2) is 4.79 Å². The van der Waals surface area contributed by atoms with Crippen LogP contribution >= 0.6 is 0 Å². The molecule has 6 nitrogen and oxygen atoms in total. The lowest BCUT2D eigenvalue weighted by Crippen LogP contribution is -2.52. The van der Waals surface area contributed by atoms with Crippen molar-refractivity contribution in [3.63, 3.8) is 0 Å². The second-order valence-corrected chi connectivity index (χ2v) is 5.86. The Labute approximate surface area is 141 Å². The molecule has 0 aliphatic carbocycles. The molecule has 0 radical (unpaired) electrons. The molecule has 0 aliphatic heterocycles. The van der Waals surface area contributed by atoms with Gasteiger partial charge in [0.2, 0.25) is 11.8 Å². The maximum Gasteiger partial charge on any atom is 0.326 e. The highest BCUT2D eigenvalue weighted by molar-refractivity contribution is 5.90. The van der Waals surface area contributed by atoms with Crippen molar-refractivity contribution in [3.8, 4) is 0 Å². The third-order valence-corrected chi connectivity index (χ3v) is 3.35. The van der Waals surface area contributed by atoms with E-state index in [-0.39, 0.29) is 12.3 Å². The average Bonchev–Trinajstić information content (AvgIpc) is 2.50. The molecular formula is C18H24N2O4. The van der Waals surface area contributed by atoms with Crippen molar-refractivity contribution in [2.45, 2.75) is 45.7 Å². The van der Waals surface area contributed by atoms with Crippen molar-refractivity contribution in [1.29, 1.82) is 0 Å². The Balaban J connectivity index is 2.83. The van der Waals surface area contributed by atoms with E-state index in [0.29, 0.717) is 6.42 Å². The van der Waals surface area contributed by atoms with Gasteiger partial charge in [-0.2, -0.15) is 0 Å². The molecule has 0 spiro atoms. The molecule has 0 aliphatic rings. The third-order valence-electron chi connectivity index (χ3n) is 3.35. The summed E-state index contributed by atoms with van der Waals surface area (Å²) >= 11 is 0. The van der Waals surface area contributed by atoms with Crippen molar-refractivity contribution in [2.75, 3.05) is 0 Å². The van der Waals surface area contributed by atoms with Gasteiger partial charge < -0.3 is 15.7 Å². The number of amides is 2. The lowest BCUT2D eigenvalue weighted by atomic mass is 10.0. The average molecular weight is 332 g/mol. The van der Waals surface area contributed by atoms with E-state index in [0.717, 1.165) is 11.1 Å². The Morgan fingerprint density at radius 2 is 1.67 bits per heavy atom. The molecule has 130 valence electrons. The Hall–Kier alpha value is -2.63. The number of hydrogen-bond donors (Lipinski definition) is 3. The van der Waals surface area contributed by atoms with Gasteiger partial charge in [-0.3, -0.25) is 9.59 Å². The van der Waals surface area contributed by atoms with Crippen molar-refractivity contribution >= 4 is 17.8 Å². The number of rotatable bonds is 8. The number of hydrogen-bond acceptors (Lipinski definition) is 3. The number of carboxylic acid groups (broad SMARTS) is 1. The highest BCUT2D eigenvalue weighted by Gasteiger charge is 2.25. The first-order chi connectivity index (χ1) is 11.3. The van der Waals surface area contributed by atoms with Crippen LogP contribution in [0.3, 0.4) is 0 Å². The minimum absolute atomic E-state index is 0.196. The summed E-state index contributed by atoms with van der Waals surface area (Å²) in [6, 6.07) is 7.38. The van der Waals surface area contributed by atoms with E-state index in [4.69, 9.17) is 0 Å². The smallest absolute Gasteiger partial charge is 0.326 e.